The van der Waals surface area contributed by atoms with Crippen molar-refractivity contribution in [2.75, 3.05) is 0 Å². The maximum absolute atomic E-state index is 12.0. The lowest BCUT2D eigenvalue weighted by molar-refractivity contribution is 0.0986. The lowest BCUT2D eigenvalue weighted by atomic mass is 9.96. The number of rotatable bonds is 3. The first-order valence-corrected chi connectivity index (χ1v) is 6.10. The molecule has 0 unspecified atom stereocenters. The number of fused-ring (bicyclic) bond motifs is 1. The van der Waals surface area contributed by atoms with Crippen molar-refractivity contribution < 1.29 is 4.79 Å². The lowest BCUT2D eigenvalue weighted by Crippen LogP contribution is -2.08. The van der Waals surface area contributed by atoms with Gasteiger partial charge in [0.1, 0.15) is 0 Å². The van der Waals surface area contributed by atoms with Gasteiger partial charge in [-0.15, -0.1) is 0 Å². The van der Waals surface area contributed by atoms with E-state index in [0.29, 0.717) is 6.42 Å². The summed E-state index contributed by atoms with van der Waals surface area (Å²) in [6, 6.07) is 8.00. The molecule has 88 valence electrons. The Hall–Kier alpha value is -1.70. The molecule has 0 saturated carbocycles. The molecule has 0 aliphatic carbocycles. The molecule has 0 aliphatic heterocycles. The van der Waals surface area contributed by atoms with Crippen LogP contribution in [0.2, 0.25) is 0 Å². The Kier molecular flexibility index (Phi) is 3.23. The van der Waals surface area contributed by atoms with Crippen molar-refractivity contribution in [2.24, 2.45) is 0 Å². The van der Waals surface area contributed by atoms with Gasteiger partial charge in [0, 0.05) is 17.4 Å². The molecule has 1 heterocycles. The zero-order valence-corrected chi connectivity index (χ0v) is 10.6. The van der Waals surface area contributed by atoms with Gasteiger partial charge in [0.15, 0.2) is 5.78 Å². The average molecular weight is 227 g/mol. The molecule has 0 bridgehead atoms. The number of aromatic nitrogens is 1. The third kappa shape index (κ3) is 1.95. The largest absolute Gasteiger partial charge is 0.294 e. The van der Waals surface area contributed by atoms with E-state index in [1.807, 2.05) is 45.0 Å². The number of carbonyl (C=O) groups excluding carboxylic acids is 1. The van der Waals surface area contributed by atoms with Crippen molar-refractivity contribution in [1.29, 1.82) is 0 Å². The second-order valence-corrected chi connectivity index (χ2v) is 4.21. The van der Waals surface area contributed by atoms with Gasteiger partial charge in [-0.25, -0.2) is 0 Å². The molecule has 2 rings (SSSR count). The van der Waals surface area contributed by atoms with Crippen LogP contribution >= 0.6 is 0 Å². The van der Waals surface area contributed by atoms with Crippen LogP contribution in [0.3, 0.4) is 0 Å². The van der Waals surface area contributed by atoms with E-state index in [2.05, 4.69) is 4.98 Å². The quantitative estimate of drug-likeness (QED) is 0.748. The fourth-order valence-corrected chi connectivity index (χ4v) is 2.24. The van der Waals surface area contributed by atoms with Crippen molar-refractivity contribution in [3.05, 3.63) is 41.1 Å². The van der Waals surface area contributed by atoms with Crippen molar-refractivity contribution in [2.45, 2.75) is 33.6 Å². The normalized spacial score (nSPS) is 10.8. The molecule has 0 radical (unpaired) electrons. The van der Waals surface area contributed by atoms with Crippen LogP contribution in [0, 0.1) is 6.92 Å². The smallest absolute Gasteiger partial charge is 0.164 e. The summed E-state index contributed by atoms with van der Waals surface area (Å²) in [5.74, 6) is 0.192. The lowest BCUT2D eigenvalue weighted by Gasteiger charge is -2.12. The molecule has 2 aromatic rings. The zero-order valence-electron chi connectivity index (χ0n) is 10.6. The monoisotopic (exact) mass is 227 g/mol. The third-order valence-corrected chi connectivity index (χ3v) is 3.16. The van der Waals surface area contributed by atoms with Gasteiger partial charge in [-0.2, -0.15) is 0 Å². The van der Waals surface area contributed by atoms with E-state index < -0.39 is 0 Å². The summed E-state index contributed by atoms with van der Waals surface area (Å²) in [7, 11) is 0. The second-order valence-electron chi connectivity index (χ2n) is 4.21. The van der Waals surface area contributed by atoms with E-state index in [-0.39, 0.29) is 5.78 Å². The molecule has 0 spiro atoms. The van der Waals surface area contributed by atoms with E-state index in [1.165, 1.54) is 0 Å². The number of aryl methyl sites for hydroxylation is 2. The number of hydrogen-bond acceptors (Lipinski definition) is 2. The van der Waals surface area contributed by atoms with Gasteiger partial charge in [0.05, 0.1) is 11.2 Å². The van der Waals surface area contributed by atoms with Gasteiger partial charge in [0.25, 0.3) is 0 Å². The van der Waals surface area contributed by atoms with Crippen LogP contribution in [0.15, 0.2) is 24.3 Å². The average Bonchev–Trinajstić information content (AvgIpc) is 2.37. The summed E-state index contributed by atoms with van der Waals surface area (Å²) < 4.78 is 0. The van der Waals surface area contributed by atoms with Gasteiger partial charge < -0.3 is 0 Å². The molecular formula is C15H17NO. The molecular weight excluding hydrogens is 210 g/mol. The highest BCUT2D eigenvalue weighted by Crippen LogP contribution is 2.24. The van der Waals surface area contributed by atoms with Gasteiger partial charge in [-0.1, -0.05) is 32.0 Å². The van der Waals surface area contributed by atoms with Gasteiger partial charge in [-0.05, 0) is 25.0 Å². The SMILES string of the molecule is CCC(=O)c1c(CC)nc2ccccc2c1C. The summed E-state index contributed by atoms with van der Waals surface area (Å²) >= 11 is 0. The molecule has 0 aliphatic rings. The topological polar surface area (TPSA) is 30.0 Å². The standard InChI is InChI=1S/C15H17NO/c1-4-12-15(14(17)5-2)10(3)11-8-6-7-9-13(11)16-12/h6-9H,4-5H2,1-3H3. The minimum atomic E-state index is 0.192. The molecule has 0 fully saturated rings. The molecule has 0 saturated heterocycles. The van der Waals surface area contributed by atoms with Crippen LogP contribution in [-0.2, 0) is 6.42 Å². The molecule has 0 N–H and O–H groups in total. The highest BCUT2D eigenvalue weighted by Gasteiger charge is 2.15. The Labute approximate surface area is 102 Å². The zero-order chi connectivity index (χ0) is 12.4. The number of benzene rings is 1. The van der Waals surface area contributed by atoms with E-state index in [9.17, 15) is 4.79 Å². The molecule has 2 nitrogen and oxygen atoms in total. The van der Waals surface area contributed by atoms with E-state index in [1.54, 1.807) is 0 Å². The predicted molar refractivity (Wildman–Crippen MR) is 70.5 cm³/mol. The number of ketones is 1. The van der Waals surface area contributed by atoms with Crippen molar-refractivity contribution in [3.8, 4) is 0 Å². The molecule has 1 aromatic carbocycles. The number of nitrogens with zero attached hydrogens (tertiary/aromatic N) is 1. The summed E-state index contributed by atoms with van der Waals surface area (Å²) in [5.41, 5.74) is 3.80. The number of hydrogen-bond donors (Lipinski definition) is 0. The second kappa shape index (κ2) is 4.66. The fourth-order valence-electron chi connectivity index (χ4n) is 2.24. The number of pyridine rings is 1. The van der Waals surface area contributed by atoms with Crippen LogP contribution in [0.1, 0.15) is 41.9 Å². The highest BCUT2D eigenvalue weighted by molar-refractivity contribution is 6.02. The number of Topliss-reactive ketones (excluding diaryl/α,β-unsaturated/α-hetero) is 1. The Morgan fingerprint density at radius 2 is 1.94 bits per heavy atom. The highest BCUT2D eigenvalue weighted by atomic mass is 16.1. The first-order chi connectivity index (χ1) is 8.19. The van der Waals surface area contributed by atoms with E-state index >= 15 is 0 Å². The fraction of sp³-hybridized carbons (Fsp3) is 0.333. The van der Waals surface area contributed by atoms with E-state index in [4.69, 9.17) is 0 Å². The van der Waals surface area contributed by atoms with Crippen LogP contribution < -0.4 is 0 Å². The molecule has 0 amide bonds. The molecule has 17 heavy (non-hydrogen) atoms. The Bertz CT molecular complexity index is 572. The maximum Gasteiger partial charge on any atom is 0.164 e. The van der Waals surface area contributed by atoms with Crippen LogP contribution in [0.25, 0.3) is 10.9 Å². The van der Waals surface area contributed by atoms with Gasteiger partial charge >= 0.3 is 0 Å². The number of carbonyl (C=O) groups is 1. The van der Waals surface area contributed by atoms with Gasteiger partial charge in [-0.3, -0.25) is 9.78 Å². The minimum Gasteiger partial charge on any atom is -0.294 e. The third-order valence-electron chi connectivity index (χ3n) is 3.16. The van der Waals surface area contributed by atoms with Crippen LogP contribution in [0.4, 0.5) is 0 Å². The molecule has 1 aromatic heterocycles. The van der Waals surface area contributed by atoms with Crippen molar-refractivity contribution in [3.63, 3.8) is 0 Å². The first-order valence-electron chi connectivity index (χ1n) is 6.10. The Morgan fingerprint density at radius 3 is 2.59 bits per heavy atom. The van der Waals surface area contributed by atoms with Gasteiger partial charge in [0.2, 0.25) is 0 Å². The predicted octanol–water partition coefficient (Wildman–Crippen LogP) is 3.70. The van der Waals surface area contributed by atoms with Crippen molar-refractivity contribution >= 4 is 16.7 Å². The Balaban J connectivity index is 2.81. The van der Waals surface area contributed by atoms with Crippen LogP contribution in [0.5, 0.6) is 0 Å². The van der Waals surface area contributed by atoms with Crippen LogP contribution in [-0.4, -0.2) is 10.8 Å². The minimum absolute atomic E-state index is 0.192. The molecule has 0 atom stereocenters. The summed E-state index contributed by atoms with van der Waals surface area (Å²) in [6.07, 6.45) is 1.33. The maximum atomic E-state index is 12.0. The number of para-hydroxylation sites is 1. The Morgan fingerprint density at radius 1 is 1.24 bits per heavy atom. The summed E-state index contributed by atoms with van der Waals surface area (Å²) in [6.45, 7) is 5.96. The van der Waals surface area contributed by atoms with Crippen molar-refractivity contribution in [1.82, 2.24) is 4.98 Å². The first kappa shape index (κ1) is 11.8. The summed E-state index contributed by atoms with van der Waals surface area (Å²) in [5, 5.41) is 1.08. The molecule has 2 heteroatoms. The summed E-state index contributed by atoms with van der Waals surface area (Å²) in [4.78, 5) is 16.6. The van der Waals surface area contributed by atoms with E-state index in [0.717, 1.165) is 34.1 Å².